The van der Waals surface area contributed by atoms with Gasteiger partial charge in [0.05, 0.1) is 0 Å². The molecule has 2 N–H and O–H groups in total. The predicted molar refractivity (Wildman–Crippen MR) is 55.4 cm³/mol. The summed E-state index contributed by atoms with van der Waals surface area (Å²) in [6.07, 6.45) is -5.71. The zero-order chi connectivity index (χ0) is 14.3. The first-order chi connectivity index (χ1) is 8.73. The van der Waals surface area contributed by atoms with Crippen LogP contribution in [0.15, 0.2) is 18.2 Å². The lowest BCUT2D eigenvalue weighted by molar-refractivity contribution is -0.291. The number of halogens is 5. The van der Waals surface area contributed by atoms with E-state index in [1.165, 1.54) is 6.07 Å². The molecule has 3 nitrogen and oxygen atoms in total. The molecule has 0 radical (unpaired) electrons. The largest absolute Gasteiger partial charge is 0.486 e. The molecule has 2 rings (SSSR count). The van der Waals surface area contributed by atoms with Gasteiger partial charge in [-0.1, -0.05) is 6.07 Å². The summed E-state index contributed by atoms with van der Waals surface area (Å²) in [5.41, 5.74) is 4.66. The molecule has 0 aromatic heterocycles. The van der Waals surface area contributed by atoms with E-state index in [0.29, 0.717) is 0 Å². The number of rotatable bonds is 2. The van der Waals surface area contributed by atoms with Gasteiger partial charge in [0.15, 0.2) is 11.5 Å². The molecule has 1 aliphatic heterocycles. The predicted octanol–water partition coefficient (Wildman–Crippen LogP) is 2.66. The van der Waals surface area contributed by atoms with Crippen molar-refractivity contribution in [1.29, 1.82) is 0 Å². The molecule has 0 spiro atoms. The minimum absolute atomic E-state index is 0.108. The minimum Gasteiger partial charge on any atom is -0.486 e. The van der Waals surface area contributed by atoms with Crippen LogP contribution in [-0.2, 0) is 0 Å². The number of benzene rings is 1. The number of fused-ring (bicyclic) bond motifs is 1. The van der Waals surface area contributed by atoms with E-state index in [1.807, 2.05) is 0 Å². The van der Waals surface area contributed by atoms with E-state index >= 15 is 0 Å². The maximum atomic E-state index is 13.1. The Morgan fingerprint density at radius 2 is 1.58 bits per heavy atom. The fourth-order valence-corrected chi connectivity index (χ4v) is 1.64. The van der Waals surface area contributed by atoms with E-state index in [-0.39, 0.29) is 30.3 Å². The van der Waals surface area contributed by atoms with Crippen molar-refractivity contribution >= 4 is 0 Å². The van der Waals surface area contributed by atoms with Crippen molar-refractivity contribution in [2.75, 3.05) is 13.2 Å². The number of hydrogen-bond donors (Lipinski definition) is 1. The molecule has 0 amide bonds. The molecular weight excluding hydrogens is 273 g/mol. The topological polar surface area (TPSA) is 44.5 Å². The number of ether oxygens (including phenoxy) is 2. The summed E-state index contributed by atoms with van der Waals surface area (Å²) < 4.78 is 73.1. The quantitative estimate of drug-likeness (QED) is 0.849. The second kappa shape index (κ2) is 4.52. The fourth-order valence-electron chi connectivity index (χ4n) is 1.64. The summed E-state index contributed by atoms with van der Waals surface area (Å²) in [7, 11) is 0. The highest BCUT2D eigenvalue weighted by atomic mass is 19.4. The van der Waals surface area contributed by atoms with Crippen LogP contribution in [0.5, 0.6) is 11.5 Å². The Bertz CT molecular complexity index is 475. The van der Waals surface area contributed by atoms with Gasteiger partial charge in [-0.05, 0) is 17.7 Å². The third kappa shape index (κ3) is 2.44. The molecule has 0 bridgehead atoms. The zero-order valence-corrected chi connectivity index (χ0v) is 9.51. The van der Waals surface area contributed by atoms with Crippen LogP contribution in [0, 0.1) is 0 Å². The average Bonchev–Trinajstić information content (AvgIpc) is 2.36. The number of alkyl halides is 5. The van der Waals surface area contributed by atoms with Crippen molar-refractivity contribution in [3.8, 4) is 11.5 Å². The lowest BCUT2D eigenvalue weighted by atomic mass is 10.0. The Labute approximate surface area is 105 Å². The molecule has 1 heterocycles. The Morgan fingerprint density at radius 3 is 2.16 bits per heavy atom. The molecule has 1 atom stereocenters. The molecule has 8 heteroatoms. The maximum absolute atomic E-state index is 13.1. The maximum Gasteiger partial charge on any atom is 0.455 e. The zero-order valence-electron chi connectivity index (χ0n) is 9.51. The lowest BCUT2D eigenvalue weighted by Crippen LogP contribution is -2.45. The molecule has 1 aliphatic rings. The monoisotopic (exact) mass is 283 g/mol. The van der Waals surface area contributed by atoms with Gasteiger partial charge in [-0.25, -0.2) is 0 Å². The van der Waals surface area contributed by atoms with Gasteiger partial charge in [0.2, 0.25) is 0 Å². The van der Waals surface area contributed by atoms with Crippen LogP contribution >= 0.6 is 0 Å². The van der Waals surface area contributed by atoms with Gasteiger partial charge in [-0.3, -0.25) is 0 Å². The molecule has 0 saturated heterocycles. The van der Waals surface area contributed by atoms with Crippen LogP contribution in [0.25, 0.3) is 0 Å². The summed E-state index contributed by atoms with van der Waals surface area (Å²) >= 11 is 0. The van der Waals surface area contributed by atoms with E-state index in [4.69, 9.17) is 15.2 Å². The molecule has 19 heavy (non-hydrogen) atoms. The molecule has 0 aliphatic carbocycles. The van der Waals surface area contributed by atoms with E-state index in [9.17, 15) is 22.0 Å². The molecule has 106 valence electrons. The van der Waals surface area contributed by atoms with Gasteiger partial charge in [-0.15, -0.1) is 0 Å². The van der Waals surface area contributed by atoms with Crippen molar-refractivity contribution in [2.45, 2.75) is 18.1 Å². The summed E-state index contributed by atoms with van der Waals surface area (Å²) in [5.74, 6) is -4.62. The Kier molecular flexibility index (Phi) is 3.29. The van der Waals surface area contributed by atoms with Crippen molar-refractivity contribution in [3.05, 3.63) is 23.8 Å². The molecule has 1 aromatic carbocycles. The van der Waals surface area contributed by atoms with Crippen molar-refractivity contribution in [3.63, 3.8) is 0 Å². The van der Waals surface area contributed by atoms with E-state index in [0.717, 1.165) is 12.1 Å². The fraction of sp³-hybridized carbons (Fsp3) is 0.455. The minimum atomic E-state index is -5.71. The van der Waals surface area contributed by atoms with Gasteiger partial charge >= 0.3 is 12.1 Å². The summed E-state index contributed by atoms with van der Waals surface area (Å²) in [5, 5.41) is 0. The summed E-state index contributed by atoms with van der Waals surface area (Å²) in [6.45, 7) is 0.485. The SMILES string of the molecule is N[C@@H](c1ccc2c(c1)OCCO2)C(F)(F)C(F)(F)F. The van der Waals surface area contributed by atoms with Crippen LogP contribution in [0.3, 0.4) is 0 Å². The van der Waals surface area contributed by atoms with Gasteiger partial charge in [0.1, 0.15) is 19.3 Å². The standard InChI is InChI=1S/C11H10F5NO2/c12-10(13,11(14,15)16)9(17)6-1-2-7-8(5-6)19-4-3-18-7/h1-2,5,9H,3-4,17H2/t9-/m0/s1. The van der Waals surface area contributed by atoms with Crippen LogP contribution in [0.1, 0.15) is 11.6 Å². The molecule has 1 aromatic rings. The first-order valence-corrected chi connectivity index (χ1v) is 5.33. The van der Waals surface area contributed by atoms with Crippen LogP contribution in [0.4, 0.5) is 22.0 Å². The van der Waals surface area contributed by atoms with E-state index in [1.54, 1.807) is 0 Å². The van der Waals surface area contributed by atoms with Crippen molar-refractivity contribution < 1.29 is 31.4 Å². The highest BCUT2D eigenvalue weighted by Crippen LogP contribution is 2.44. The lowest BCUT2D eigenvalue weighted by Gasteiger charge is -2.27. The van der Waals surface area contributed by atoms with Gasteiger partial charge in [0.25, 0.3) is 0 Å². The number of nitrogens with two attached hydrogens (primary N) is 1. The van der Waals surface area contributed by atoms with Crippen LogP contribution in [0.2, 0.25) is 0 Å². The first-order valence-electron chi connectivity index (χ1n) is 5.33. The molecule has 0 unspecified atom stereocenters. The van der Waals surface area contributed by atoms with Gasteiger partial charge in [-0.2, -0.15) is 22.0 Å². The van der Waals surface area contributed by atoms with Gasteiger partial charge in [0, 0.05) is 0 Å². The number of hydrogen-bond acceptors (Lipinski definition) is 3. The normalized spacial score (nSPS) is 17.2. The summed E-state index contributed by atoms with van der Waals surface area (Å²) in [6, 6.07) is 0.871. The smallest absolute Gasteiger partial charge is 0.455 e. The average molecular weight is 283 g/mol. The highest BCUT2D eigenvalue weighted by molar-refractivity contribution is 5.45. The van der Waals surface area contributed by atoms with Crippen molar-refractivity contribution in [1.82, 2.24) is 0 Å². The van der Waals surface area contributed by atoms with Gasteiger partial charge < -0.3 is 15.2 Å². The van der Waals surface area contributed by atoms with Crippen LogP contribution in [-0.4, -0.2) is 25.3 Å². The van der Waals surface area contributed by atoms with E-state index in [2.05, 4.69) is 0 Å². The Hall–Kier alpha value is -1.57. The third-order valence-electron chi connectivity index (χ3n) is 2.69. The highest BCUT2D eigenvalue weighted by Gasteiger charge is 2.61. The first kappa shape index (κ1) is 13.9. The second-order valence-corrected chi connectivity index (χ2v) is 4.00. The second-order valence-electron chi connectivity index (χ2n) is 4.00. The van der Waals surface area contributed by atoms with Crippen molar-refractivity contribution in [2.24, 2.45) is 5.73 Å². The Morgan fingerprint density at radius 1 is 1.00 bits per heavy atom. The third-order valence-corrected chi connectivity index (χ3v) is 2.69. The molecular formula is C11H10F5NO2. The molecule has 0 saturated carbocycles. The summed E-state index contributed by atoms with van der Waals surface area (Å²) in [4.78, 5) is 0. The molecule has 0 fully saturated rings. The van der Waals surface area contributed by atoms with E-state index < -0.39 is 18.1 Å². The Balaban J connectivity index is 2.32. The van der Waals surface area contributed by atoms with Crippen LogP contribution < -0.4 is 15.2 Å².